The summed E-state index contributed by atoms with van der Waals surface area (Å²) in [5.41, 5.74) is 3.01. The van der Waals surface area contributed by atoms with Crippen LogP contribution in [0.25, 0.3) is 0 Å². The van der Waals surface area contributed by atoms with E-state index in [0.717, 1.165) is 11.1 Å². The van der Waals surface area contributed by atoms with E-state index in [1.54, 1.807) is 31.3 Å². The van der Waals surface area contributed by atoms with Crippen LogP contribution in [0.1, 0.15) is 11.1 Å². The summed E-state index contributed by atoms with van der Waals surface area (Å²) in [6.45, 7) is 3.77. The van der Waals surface area contributed by atoms with E-state index in [4.69, 9.17) is 0 Å². The summed E-state index contributed by atoms with van der Waals surface area (Å²) in [4.78, 5) is 0.241. The standard InChI is InChI=1S/C15H18N2O2S/c1-11-7-6-8-12(2)15(11)17-20(18,19)14-10-5-4-9-13(14)16-3/h4-10,16-17H,1-3H3. The fourth-order valence-electron chi connectivity index (χ4n) is 2.07. The molecule has 20 heavy (non-hydrogen) atoms. The molecule has 0 fully saturated rings. The molecule has 4 nitrogen and oxygen atoms in total. The molecule has 0 unspecified atom stereocenters. The lowest BCUT2D eigenvalue weighted by Crippen LogP contribution is -2.16. The monoisotopic (exact) mass is 290 g/mol. The molecule has 0 aliphatic heterocycles. The van der Waals surface area contributed by atoms with Crippen molar-refractivity contribution in [1.29, 1.82) is 0 Å². The second-order valence-electron chi connectivity index (χ2n) is 4.62. The lowest BCUT2D eigenvalue weighted by atomic mass is 10.1. The normalized spacial score (nSPS) is 11.2. The molecule has 0 heterocycles. The molecule has 106 valence electrons. The van der Waals surface area contributed by atoms with Crippen LogP contribution in [-0.2, 0) is 10.0 Å². The van der Waals surface area contributed by atoms with Gasteiger partial charge in [-0.3, -0.25) is 4.72 Å². The molecule has 0 aromatic heterocycles. The molecule has 0 spiro atoms. The maximum atomic E-state index is 12.5. The molecule has 0 radical (unpaired) electrons. The van der Waals surface area contributed by atoms with Gasteiger partial charge in [0.2, 0.25) is 0 Å². The third kappa shape index (κ3) is 2.77. The molecule has 0 saturated heterocycles. The topological polar surface area (TPSA) is 58.2 Å². The lowest BCUT2D eigenvalue weighted by molar-refractivity contribution is 0.601. The van der Waals surface area contributed by atoms with Crippen molar-refractivity contribution in [1.82, 2.24) is 0 Å². The molecular weight excluding hydrogens is 272 g/mol. The molecule has 0 bridgehead atoms. The molecule has 0 amide bonds. The third-order valence-electron chi connectivity index (χ3n) is 3.16. The molecule has 5 heteroatoms. The van der Waals surface area contributed by atoms with Crippen LogP contribution >= 0.6 is 0 Å². The first-order valence-corrected chi connectivity index (χ1v) is 7.80. The van der Waals surface area contributed by atoms with Gasteiger partial charge in [0.15, 0.2) is 0 Å². The van der Waals surface area contributed by atoms with Gasteiger partial charge in [-0.25, -0.2) is 8.42 Å². The Morgan fingerprint density at radius 3 is 2.10 bits per heavy atom. The van der Waals surface area contributed by atoms with Gasteiger partial charge in [-0.1, -0.05) is 30.3 Å². The lowest BCUT2D eigenvalue weighted by Gasteiger charge is -2.15. The summed E-state index contributed by atoms with van der Waals surface area (Å²) in [7, 11) is -1.91. The highest BCUT2D eigenvalue weighted by atomic mass is 32.2. The van der Waals surface area contributed by atoms with E-state index in [-0.39, 0.29) is 4.90 Å². The number of sulfonamides is 1. The van der Waals surface area contributed by atoms with Gasteiger partial charge < -0.3 is 5.32 Å². The van der Waals surface area contributed by atoms with Gasteiger partial charge >= 0.3 is 0 Å². The molecule has 2 N–H and O–H groups in total. The SMILES string of the molecule is CNc1ccccc1S(=O)(=O)Nc1c(C)cccc1C. The molecule has 2 aromatic rings. The highest BCUT2D eigenvalue weighted by molar-refractivity contribution is 7.92. The maximum absolute atomic E-state index is 12.5. The number of hydrogen-bond donors (Lipinski definition) is 2. The van der Waals surface area contributed by atoms with Crippen molar-refractivity contribution in [3.63, 3.8) is 0 Å². The highest BCUT2D eigenvalue weighted by Gasteiger charge is 2.19. The average molecular weight is 290 g/mol. The second kappa shape index (κ2) is 5.54. The van der Waals surface area contributed by atoms with E-state index < -0.39 is 10.0 Å². The Morgan fingerprint density at radius 2 is 1.50 bits per heavy atom. The Balaban J connectivity index is 2.47. The van der Waals surface area contributed by atoms with Crippen LogP contribution in [0, 0.1) is 13.8 Å². The minimum absolute atomic E-state index is 0.241. The minimum atomic E-state index is -3.61. The number of para-hydroxylation sites is 2. The van der Waals surface area contributed by atoms with E-state index in [1.165, 1.54) is 0 Å². The summed E-state index contributed by atoms with van der Waals surface area (Å²) in [6, 6.07) is 12.5. The Morgan fingerprint density at radius 1 is 0.900 bits per heavy atom. The van der Waals surface area contributed by atoms with E-state index in [1.807, 2.05) is 32.0 Å². The van der Waals surface area contributed by atoms with Gasteiger partial charge in [0.25, 0.3) is 10.0 Å². The van der Waals surface area contributed by atoms with Crippen LogP contribution in [0.3, 0.4) is 0 Å². The summed E-state index contributed by atoms with van der Waals surface area (Å²) >= 11 is 0. The summed E-state index contributed by atoms with van der Waals surface area (Å²) in [5.74, 6) is 0. The smallest absolute Gasteiger partial charge is 0.263 e. The first kappa shape index (κ1) is 14.4. The minimum Gasteiger partial charge on any atom is -0.387 e. The predicted octanol–water partition coefficient (Wildman–Crippen LogP) is 3.15. The molecule has 2 rings (SSSR count). The van der Waals surface area contributed by atoms with Crippen molar-refractivity contribution in [2.24, 2.45) is 0 Å². The van der Waals surface area contributed by atoms with Crippen molar-refractivity contribution in [2.45, 2.75) is 18.7 Å². The quantitative estimate of drug-likeness (QED) is 0.909. The van der Waals surface area contributed by atoms with Crippen molar-refractivity contribution in [3.8, 4) is 0 Å². The maximum Gasteiger partial charge on any atom is 0.263 e. The van der Waals surface area contributed by atoms with Gasteiger partial charge in [0.1, 0.15) is 4.90 Å². The molecule has 0 saturated carbocycles. The number of nitrogens with one attached hydrogen (secondary N) is 2. The van der Waals surface area contributed by atoms with Crippen LogP contribution in [0.4, 0.5) is 11.4 Å². The fraction of sp³-hybridized carbons (Fsp3) is 0.200. The fourth-order valence-corrected chi connectivity index (χ4v) is 3.49. The predicted molar refractivity (Wildman–Crippen MR) is 82.7 cm³/mol. The first-order chi connectivity index (χ1) is 9.45. The van der Waals surface area contributed by atoms with Crippen LogP contribution in [0.5, 0.6) is 0 Å². The number of hydrogen-bond acceptors (Lipinski definition) is 3. The van der Waals surface area contributed by atoms with Crippen molar-refractivity contribution < 1.29 is 8.42 Å². The van der Waals surface area contributed by atoms with Crippen LogP contribution < -0.4 is 10.0 Å². The van der Waals surface area contributed by atoms with E-state index in [2.05, 4.69) is 10.0 Å². The summed E-state index contributed by atoms with van der Waals surface area (Å²) in [5, 5.41) is 2.90. The number of rotatable bonds is 4. The van der Waals surface area contributed by atoms with Crippen LogP contribution in [-0.4, -0.2) is 15.5 Å². The summed E-state index contributed by atoms with van der Waals surface area (Å²) in [6.07, 6.45) is 0. The van der Waals surface area contributed by atoms with E-state index >= 15 is 0 Å². The molecule has 0 atom stereocenters. The number of aryl methyl sites for hydroxylation is 2. The zero-order valence-electron chi connectivity index (χ0n) is 11.8. The van der Waals surface area contributed by atoms with Gasteiger partial charge in [0.05, 0.1) is 11.4 Å². The molecule has 0 aliphatic carbocycles. The Kier molecular flexibility index (Phi) is 3.99. The Hall–Kier alpha value is -2.01. The Labute approximate surface area is 119 Å². The van der Waals surface area contributed by atoms with Crippen molar-refractivity contribution in [3.05, 3.63) is 53.6 Å². The average Bonchev–Trinajstić information content (AvgIpc) is 2.43. The molecule has 0 aliphatic rings. The van der Waals surface area contributed by atoms with Gasteiger partial charge in [0, 0.05) is 7.05 Å². The number of benzene rings is 2. The summed E-state index contributed by atoms with van der Waals surface area (Å²) < 4.78 is 27.7. The molecular formula is C15H18N2O2S. The number of anilines is 2. The second-order valence-corrected chi connectivity index (χ2v) is 6.27. The van der Waals surface area contributed by atoms with Crippen molar-refractivity contribution in [2.75, 3.05) is 17.1 Å². The van der Waals surface area contributed by atoms with E-state index in [9.17, 15) is 8.42 Å². The zero-order valence-corrected chi connectivity index (χ0v) is 12.6. The highest BCUT2D eigenvalue weighted by Crippen LogP contribution is 2.26. The Bertz CT molecular complexity index is 704. The largest absolute Gasteiger partial charge is 0.387 e. The van der Waals surface area contributed by atoms with Gasteiger partial charge in [-0.15, -0.1) is 0 Å². The van der Waals surface area contributed by atoms with E-state index in [0.29, 0.717) is 11.4 Å². The first-order valence-electron chi connectivity index (χ1n) is 6.31. The van der Waals surface area contributed by atoms with Crippen molar-refractivity contribution >= 4 is 21.4 Å². The van der Waals surface area contributed by atoms with Gasteiger partial charge in [-0.2, -0.15) is 0 Å². The molecule has 2 aromatic carbocycles. The third-order valence-corrected chi connectivity index (χ3v) is 4.57. The van der Waals surface area contributed by atoms with Crippen LogP contribution in [0.15, 0.2) is 47.4 Å². The van der Waals surface area contributed by atoms with Gasteiger partial charge in [-0.05, 0) is 37.1 Å². The zero-order chi connectivity index (χ0) is 14.8. The van der Waals surface area contributed by atoms with Crippen LogP contribution in [0.2, 0.25) is 0 Å².